The van der Waals surface area contributed by atoms with Gasteiger partial charge in [-0.05, 0) is 36.4 Å². The fourth-order valence-corrected chi connectivity index (χ4v) is 1.71. The smallest absolute Gasteiger partial charge is 0.228 e. The van der Waals surface area contributed by atoms with Crippen molar-refractivity contribution in [1.29, 1.82) is 0 Å². The summed E-state index contributed by atoms with van der Waals surface area (Å²) < 4.78 is 0. The second-order valence-corrected chi connectivity index (χ2v) is 3.78. The van der Waals surface area contributed by atoms with Gasteiger partial charge in [-0.25, -0.2) is 0 Å². The molecule has 0 atom stereocenters. The maximum atomic E-state index is 11.7. The van der Waals surface area contributed by atoms with Crippen molar-refractivity contribution >= 4 is 23.0 Å². The van der Waals surface area contributed by atoms with Crippen LogP contribution < -0.4 is 10.6 Å². The van der Waals surface area contributed by atoms with Crippen LogP contribution in [-0.2, 0) is 4.79 Å². The third kappa shape index (κ3) is 2.45. The van der Waals surface area contributed by atoms with Crippen molar-refractivity contribution in [3.8, 4) is 0 Å². The minimum absolute atomic E-state index is 0.0269. The monoisotopic (exact) mass is 226 g/mol. The molecule has 2 aromatic rings. The second kappa shape index (κ2) is 4.70. The van der Waals surface area contributed by atoms with Crippen LogP contribution in [0.1, 0.15) is 6.92 Å². The van der Waals surface area contributed by atoms with E-state index in [0.29, 0.717) is 5.69 Å². The fourth-order valence-electron chi connectivity index (χ4n) is 1.71. The lowest BCUT2D eigenvalue weighted by Crippen LogP contribution is -2.22. The predicted molar refractivity (Wildman–Crippen MR) is 70.1 cm³/mol. The molecule has 1 amide bonds. The number of anilines is 3. The molecule has 86 valence electrons. The van der Waals surface area contributed by atoms with Gasteiger partial charge in [-0.1, -0.05) is 18.2 Å². The van der Waals surface area contributed by atoms with E-state index in [1.54, 1.807) is 24.0 Å². The Morgan fingerprint density at radius 1 is 0.941 bits per heavy atom. The van der Waals surface area contributed by atoms with E-state index >= 15 is 0 Å². The second-order valence-electron chi connectivity index (χ2n) is 3.78. The summed E-state index contributed by atoms with van der Waals surface area (Å²) in [4.78, 5) is 13.4. The SMILES string of the molecule is CC(=O)N(c1ccccc1)c1ccc(N)cc1. The van der Waals surface area contributed by atoms with Crippen LogP contribution in [-0.4, -0.2) is 5.91 Å². The van der Waals surface area contributed by atoms with Gasteiger partial charge in [0.25, 0.3) is 0 Å². The normalized spacial score (nSPS) is 9.94. The standard InChI is InChI=1S/C14H14N2O/c1-11(17)16(13-5-3-2-4-6-13)14-9-7-12(15)8-10-14/h2-10H,15H2,1H3. The minimum atomic E-state index is -0.0269. The molecule has 2 rings (SSSR count). The number of carbonyl (C=O) groups is 1. The average molecular weight is 226 g/mol. The molecule has 0 aliphatic rings. The zero-order valence-corrected chi connectivity index (χ0v) is 9.63. The molecule has 3 heteroatoms. The lowest BCUT2D eigenvalue weighted by atomic mass is 10.2. The molecular weight excluding hydrogens is 212 g/mol. The first-order chi connectivity index (χ1) is 8.18. The molecule has 0 radical (unpaired) electrons. The highest BCUT2D eigenvalue weighted by Crippen LogP contribution is 2.25. The number of hydrogen-bond acceptors (Lipinski definition) is 2. The number of nitrogens with two attached hydrogens (primary N) is 1. The Balaban J connectivity index is 2.43. The summed E-state index contributed by atoms with van der Waals surface area (Å²) in [6.07, 6.45) is 0. The van der Waals surface area contributed by atoms with Gasteiger partial charge in [0.1, 0.15) is 0 Å². The number of rotatable bonds is 2. The number of nitrogens with zero attached hydrogens (tertiary/aromatic N) is 1. The molecule has 2 aromatic carbocycles. The van der Waals surface area contributed by atoms with Gasteiger partial charge in [0, 0.05) is 24.0 Å². The number of hydrogen-bond donors (Lipinski definition) is 1. The molecule has 0 unspecified atom stereocenters. The van der Waals surface area contributed by atoms with Gasteiger partial charge in [-0.2, -0.15) is 0 Å². The van der Waals surface area contributed by atoms with Gasteiger partial charge in [-0.15, -0.1) is 0 Å². The molecule has 0 aromatic heterocycles. The topological polar surface area (TPSA) is 46.3 Å². The molecule has 0 aliphatic carbocycles. The summed E-state index contributed by atoms with van der Waals surface area (Å²) in [7, 11) is 0. The van der Waals surface area contributed by atoms with E-state index in [0.717, 1.165) is 11.4 Å². The molecule has 0 aliphatic heterocycles. The predicted octanol–water partition coefficient (Wildman–Crippen LogP) is 2.95. The first-order valence-corrected chi connectivity index (χ1v) is 5.40. The van der Waals surface area contributed by atoms with Crippen LogP contribution in [0, 0.1) is 0 Å². The third-order valence-electron chi connectivity index (χ3n) is 2.48. The van der Waals surface area contributed by atoms with Gasteiger partial charge < -0.3 is 5.73 Å². The third-order valence-corrected chi connectivity index (χ3v) is 2.48. The van der Waals surface area contributed by atoms with Crippen LogP contribution in [0.5, 0.6) is 0 Å². The minimum Gasteiger partial charge on any atom is -0.399 e. The van der Waals surface area contributed by atoms with Crippen LogP contribution in [0.3, 0.4) is 0 Å². The molecule has 0 heterocycles. The Labute approximate surface area is 100 Å². The Morgan fingerprint density at radius 2 is 1.47 bits per heavy atom. The van der Waals surface area contributed by atoms with Gasteiger partial charge in [0.15, 0.2) is 0 Å². The van der Waals surface area contributed by atoms with Gasteiger partial charge >= 0.3 is 0 Å². The summed E-state index contributed by atoms with van der Waals surface area (Å²) in [6, 6.07) is 16.8. The maximum absolute atomic E-state index is 11.7. The molecular formula is C14H14N2O. The Morgan fingerprint density at radius 3 is 2.00 bits per heavy atom. The van der Waals surface area contributed by atoms with Crippen molar-refractivity contribution in [2.24, 2.45) is 0 Å². The summed E-state index contributed by atoms with van der Waals surface area (Å²) in [6.45, 7) is 1.54. The summed E-state index contributed by atoms with van der Waals surface area (Å²) >= 11 is 0. The number of para-hydroxylation sites is 1. The number of carbonyl (C=O) groups excluding carboxylic acids is 1. The van der Waals surface area contributed by atoms with Crippen molar-refractivity contribution in [1.82, 2.24) is 0 Å². The molecule has 17 heavy (non-hydrogen) atoms. The number of benzene rings is 2. The van der Waals surface area contributed by atoms with Crippen molar-refractivity contribution in [3.05, 3.63) is 54.6 Å². The number of nitrogen functional groups attached to an aromatic ring is 1. The summed E-state index contributed by atoms with van der Waals surface area (Å²) in [5.74, 6) is -0.0269. The highest BCUT2D eigenvalue weighted by atomic mass is 16.2. The molecule has 0 saturated heterocycles. The molecule has 3 nitrogen and oxygen atoms in total. The van der Waals surface area contributed by atoms with E-state index in [-0.39, 0.29) is 5.91 Å². The van der Waals surface area contributed by atoms with Crippen molar-refractivity contribution in [2.75, 3.05) is 10.6 Å². The Bertz CT molecular complexity index is 506. The fraction of sp³-hybridized carbons (Fsp3) is 0.0714. The van der Waals surface area contributed by atoms with Crippen LogP contribution in [0.4, 0.5) is 17.1 Å². The van der Waals surface area contributed by atoms with E-state index in [9.17, 15) is 4.79 Å². The van der Waals surface area contributed by atoms with E-state index < -0.39 is 0 Å². The molecule has 0 bridgehead atoms. The van der Waals surface area contributed by atoms with Crippen molar-refractivity contribution in [3.63, 3.8) is 0 Å². The zero-order valence-electron chi connectivity index (χ0n) is 9.63. The Kier molecular flexibility index (Phi) is 3.10. The first kappa shape index (κ1) is 11.2. The lowest BCUT2D eigenvalue weighted by molar-refractivity contribution is -0.115. The van der Waals surface area contributed by atoms with Gasteiger partial charge in [0.2, 0.25) is 5.91 Å². The summed E-state index contributed by atoms with van der Waals surface area (Å²) in [5, 5.41) is 0. The zero-order chi connectivity index (χ0) is 12.3. The highest BCUT2D eigenvalue weighted by molar-refractivity contribution is 5.99. The molecule has 2 N–H and O–H groups in total. The van der Waals surface area contributed by atoms with Crippen molar-refractivity contribution < 1.29 is 4.79 Å². The molecule has 0 spiro atoms. The van der Waals surface area contributed by atoms with Crippen molar-refractivity contribution in [2.45, 2.75) is 6.92 Å². The Hall–Kier alpha value is -2.29. The van der Waals surface area contributed by atoms with Gasteiger partial charge in [0.05, 0.1) is 0 Å². The average Bonchev–Trinajstić information content (AvgIpc) is 2.33. The quantitative estimate of drug-likeness (QED) is 0.800. The lowest BCUT2D eigenvalue weighted by Gasteiger charge is -2.21. The highest BCUT2D eigenvalue weighted by Gasteiger charge is 2.12. The largest absolute Gasteiger partial charge is 0.399 e. The maximum Gasteiger partial charge on any atom is 0.228 e. The summed E-state index contributed by atoms with van der Waals surface area (Å²) in [5.41, 5.74) is 7.99. The van der Waals surface area contributed by atoms with E-state index in [1.807, 2.05) is 42.5 Å². The first-order valence-electron chi connectivity index (χ1n) is 5.40. The van der Waals surface area contributed by atoms with E-state index in [2.05, 4.69) is 0 Å². The molecule has 0 saturated carbocycles. The number of amides is 1. The van der Waals surface area contributed by atoms with E-state index in [1.165, 1.54) is 0 Å². The van der Waals surface area contributed by atoms with Gasteiger partial charge in [-0.3, -0.25) is 9.69 Å². The van der Waals surface area contributed by atoms with Crippen LogP contribution in [0.2, 0.25) is 0 Å². The van der Waals surface area contributed by atoms with E-state index in [4.69, 9.17) is 5.73 Å². The van der Waals surface area contributed by atoms with Crippen LogP contribution in [0.15, 0.2) is 54.6 Å². The van der Waals surface area contributed by atoms with Crippen LogP contribution in [0.25, 0.3) is 0 Å². The molecule has 0 fully saturated rings. The van der Waals surface area contributed by atoms with Crippen LogP contribution >= 0.6 is 0 Å².